The summed E-state index contributed by atoms with van der Waals surface area (Å²) in [5.74, 6) is 0.894. The van der Waals surface area contributed by atoms with Gasteiger partial charge in [0.15, 0.2) is 5.78 Å². The standard InChI is InChI=1S/C14H22N2O/c1-11(2)8-14(6-4-5-7-14)13(17)12-9-15-16(3)10-12/h9-11H,4-8H2,1-3H3. The molecule has 2 rings (SSSR count). The van der Waals surface area contributed by atoms with E-state index >= 15 is 0 Å². The normalized spacial score (nSPS) is 18.8. The summed E-state index contributed by atoms with van der Waals surface area (Å²) in [6.45, 7) is 4.41. The number of aromatic nitrogens is 2. The SMILES string of the molecule is CC(C)CC1(C(=O)c2cnn(C)c2)CCCC1. The lowest BCUT2D eigenvalue weighted by atomic mass is 9.73. The van der Waals surface area contributed by atoms with E-state index in [-0.39, 0.29) is 5.41 Å². The molecule has 1 aliphatic rings. The van der Waals surface area contributed by atoms with E-state index in [2.05, 4.69) is 18.9 Å². The van der Waals surface area contributed by atoms with Crippen molar-refractivity contribution in [2.45, 2.75) is 46.0 Å². The van der Waals surface area contributed by atoms with Crippen molar-refractivity contribution < 1.29 is 4.79 Å². The van der Waals surface area contributed by atoms with Crippen LogP contribution in [-0.2, 0) is 7.05 Å². The van der Waals surface area contributed by atoms with Crippen LogP contribution in [0.2, 0.25) is 0 Å². The lowest BCUT2D eigenvalue weighted by molar-refractivity contribution is 0.0760. The fraction of sp³-hybridized carbons (Fsp3) is 0.714. The first kappa shape index (κ1) is 12.3. The van der Waals surface area contributed by atoms with Crippen LogP contribution in [0.3, 0.4) is 0 Å². The highest BCUT2D eigenvalue weighted by atomic mass is 16.1. The van der Waals surface area contributed by atoms with Crippen molar-refractivity contribution in [3.05, 3.63) is 18.0 Å². The first-order valence-corrected chi connectivity index (χ1v) is 6.57. The van der Waals surface area contributed by atoms with E-state index in [0.29, 0.717) is 11.7 Å². The Kier molecular flexibility index (Phi) is 3.36. The van der Waals surface area contributed by atoms with Gasteiger partial charge < -0.3 is 0 Å². The molecule has 0 N–H and O–H groups in total. The van der Waals surface area contributed by atoms with Gasteiger partial charge in [-0.05, 0) is 25.2 Å². The molecule has 3 nitrogen and oxygen atoms in total. The molecule has 0 spiro atoms. The monoisotopic (exact) mass is 234 g/mol. The summed E-state index contributed by atoms with van der Waals surface area (Å²) in [5.41, 5.74) is 0.687. The molecule has 3 heteroatoms. The van der Waals surface area contributed by atoms with Crippen LogP contribution in [0.1, 0.15) is 56.3 Å². The molecule has 0 amide bonds. The zero-order valence-electron chi connectivity index (χ0n) is 11.1. The Morgan fingerprint density at radius 1 is 1.47 bits per heavy atom. The fourth-order valence-corrected chi connectivity index (χ4v) is 3.20. The van der Waals surface area contributed by atoms with Crippen LogP contribution in [0.5, 0.6) is 0 Å². The summed E-state index contributed by atoms with van der Waals surface area (Å²) >= 11 is 0. The summed E-state index contributed by atoms with van der Waals surface area (Å²) in [6, 6.07) is 0. The Hall–Kier alpha value is -1.12. The zero-order chi connectivity index (χ0) is 12.5. The predicted octanol–water partition coefficient (Wildman–Crippen LogP) is 3.21. The van der Waals surface area contributed by atoms with Gasteiger partial charge in [-0.3, -0.25) is 9.48 Å². The van der Waals surface area contributed by atoms with E-state index in [0.717, 1.165) is 24.8 Å². The average molecular weight is 234 g/mol. The highest BCUT2D eigenvalue weighted by Gasteiger charge is 2.41. The molecule has 94 valence electrons. The molecule has 0 radical (unpaired) electrons. The topological polar surface area (TPSA) is 34.9 Å². The minimum atomic E-state index is -0.1000. The minimum Gasteiger partial charge on any atom is -0.293 e. The molecule has 0 aliphatic heterocycles. The van der Waals surface area contributed by atoms with Crippen LogP contribution >= 0.6 is 0 Å². The third-order valence-electron chi connectivity index (χ3n) is 3.81. The van der Waals surface area contributed by atoms with Gasteiger partial charge in [-0.1, -0.05) is 26.7 Å². The number of aryl methyl sites for hydroxylation is 1. The number of carbonyl (C=O) groups is 1. The maximum absolute atomic E-state index is 12.7. The maximum Gasteiger partial charge on any atom is 0.172 e. The van der Waals surface area contributed by atoms with Crippen LogP contribution < -0.4 is 0 Å². The molecular weight excluding hydrogens is 212 g/mol. The average Bonchev–Trinajstić information content (AvgIpc) is 2.86. The van der Waals surface area contributed by atoms with Gasteiger partial charge in [-0.2, -0.15) is 5.10 Å². The third kappa shape index (κ3) is 2.43. The Labute approximate surface area is 103 Å². The number of rotatable bonds is 4. The van der Waals surface area contributed by atoms with Crippen molar-refractivity contribution in [2.75, 3.05) is 0 Å². The van der Waals surface area contributed by atoms with Crippen molar-refractivity contribution in [1.82, 2.24) is 9.78 Å². The third-order valence-corrected chi connectivity index (χ3v) is 3.81. The molecular formula is C14H22N2O. The van der Waals surface area contributed by atoms with Crippen molar-refractivity contribution in [3.63, 3.8) is 0 Å². The Morgan fingerprint density at radius 2 is 2.12 bits per heavy atom. The maximum atomic E-state index is 12.7. The van der Waals surface area contributed by atoms with Crippen molar-refractivity contribution in [1.29, 1.82) is 0 Å². The fourth-order valence-electron chi connectivity index (χ4n) is 3.20. The summed E-state index contributed by atoms with van der Waals surface area (Å²) in [5, 5.41) is 4.12. The molecule has 1 saturated carbocycles. The number of hydrogen-bond donors (Lipinski definition) is 0. The molecule has 1 aromatic heterocycles. The molecule has 0 saturated heterocycles. The van der Waals surface area contributed by atoms with Crippen molar-refractivity contribution in [2.24, 2.45) is 18.4 Å². The van der Waals surface area contributed by atoms with E-state index in [1.165, 1.54) is 12.8 Å². The van der Waals surface area contributed by atoms with Crippen LogP contribution in [-0.4, -0.2) is 15.6 Å². The summed E-state index contributed by atoms with van der Waals surface area (Å²) in [4.78, 5) is 12.7. The second-order valence-corrected chi connectivity index (χ2v) is 5.82. The highest BCUT2D eigenvalue weighted by Crippen LogP contribution is 2.45. The Morgan fingerprint density at radius 3 is 2.59 bits per heavy atom. The number of nitrogens with zero attached hydrogens (tertiary/aromatic N) is 2. The van der Waals surface area contributed by atoms with E-state index in [4.69, 9.17) is 0 Å². The van der Waals surface area contributed by atoms with E-state index in [9.17, 15) is 4.79 Å². The first-order valence-electron chi connectivity index (χ1n) is 6.57. The first-order chi connectivity index (χ1) is 8.03. The van der Waals surface area contributed by atoms with Crippen LogP contribution in [0.15, 0.2) is 12.4 Å². The molecule has 1 heterocycles. The summed E-state index contributed by atoms with van der Waals surface area (Å²) in [6.07, 6.45) is 9.07. The number of carbonyl (C=O) groups excluding carboxylic acids is 1. The molecule has 1 aliphatic carbocycles. The van der Waals surface area contributed by atoms with Gasteiger partial charge in [0.05, 0.1) is 11.8 Å². The molecule has 0 bridgehead atoms. The summed E-state index contributed by atoms with van der Waals surface area (Å²) < 4.78 is 1.71. The van der Waals surface area contributed by atoms with Gasteiger partial charge in [0, 0.05) is 18.7 Å². The minimum absolute atomic E-state index is 0.1000. The van der Waals surface area contributed by atoms with E-state index in [1.54, 1.807) is 10.9 Å². The molecule has 0 atom stereocenters. The molecule has 0 unspecified atom stereocenters. The summed E-state index contributed by atoms with van der Waals surface area (Å²) in [7, 11) is 1.86. The highest BCUT2D eigenvalue weighted by molar-refractivity contribution is 6.00. The van der Waals surface area contributed by atoms with Gasteiger partial charge in [-0.15, -0.1) is 0 Å². The zero-order valence-corrected chi connectivity index (χ0v) is 11.1. The molecule has 1 fully saturated rings. The van der Waals surface area contributed by atoms with Gasteiger partial charge in [0.25, 0.3) is 0 Å². The van der Waals surface area contributed by atoms with Crippen LogP contribution in [0.25, 0.3) is 0 Å². The van der Waals surface area contributed by atoms with Gasteiger partial charge in [0.1, 0.15) is 0 Å². The van der Waals surface area contributed by atoms with Crippen molar-refractivity contribution >= 4 is 5.78 Å². The second kappa shape index (κ2) is 4.63. The van der Waals surface area contributed by atoms with Crippen LogP contribution in [0, 0.1) is 11.3 Å². The van der Waals surface area contributed by atoms with Gasteiger partial charge in [-0.25, -0.2) is 0 Å². The number of ketones is 1. The van der Waals surface area contributed by atoms with Crippen LogP contribution in [0.4, 0.5) is 0 Å². The smallest absolute Gasteiger partial charge is 0.172 e. The van der Waals surface area contributed by atoms with E-state index in [1.807, 2.05) is 13.2 Å². The lowest BCUT2D eigenvalue weighted by Crippen LogP contribution is -2.29. The van der Waals surface area contributed by atoms with Gasteiger partial charge >= 0.3 is 0 Å². The number of Topliss-reactive ketones (excluding diaryl/α,β-unsaturated/α-hetero) is 1. The van der Waals surface area contributed by atoms with Crippen molar-refractivity contribution in [3.8, 4) is 0 Å². The second-order valence-electron chi connectivity index (χ2n) is 5.82. The quantitative estimate of drug-likeness (QED) is 0.750. The number of hydrogen-bond acceptors (Lipinski definition) is 2. The largest absolute Gasteiger partial charge is 0.293 e. The lowest BCUT2D eigenvalue weighted by Gasteiger charge is -2.28. The molecule has 1 aromatic rings. The predicted molar refractivity (Wildman–Crippen MR) is 67.9 cm³/mol. The molecule has 0 aromatic carbocycles. The Balaban J connectivity index is 2.24. The molecule has 17 heavy (non-hydrogen) atoms. The van der Waals surface area contributed by atoms with E-state index < -0.39 is 0 Å². The van der Waals surface area contributed by atoms with Gasteiger partial charge in [0.2, 0.25) is 0 Å². The Bertz CT molecular complexity index is 400.